The first-order valence-corrected chi connectivity index (χ1v) is 7.95. The minimum absolute atomic E-state index is 0.0696. The maximum Gasteiger partial charge on any atom is 0.134 e. The van der Waals surface area contributed by atoms with Crippen LogP contribution in [0.15, 0.2) is 57.4 Å². The van der Waals surface area contributed by atoms with Crippen LogP contribution in [-0.2, 0) is 0 Å². The highest BCUT2D eigenvalue weighted by Crippen LogP contribution is 2.30. The number of halogens is 1. The molecule has 1 aromatic heterocycles. The van der Waals surface area contributed by atoms with Gasteiger partial charge in [-0.15, -0.1) is 0 Å². The molecule has 0 spiro atoms. The van der Waals surface area contributed by atoms with Gasteiger partial charge in [0, 0.05) is 9.86 Å². The summed E-state index contributed by atoms with van der Waals surface area (Å²) in [6, 6.07) is 16.8. The van der Waals surface area contributed by atoms with Crippen LogP contribution in [0.5, 0.6) is 0 Å². The number of fused-ring (bicyclic) bond motifs is 1. The Kier molecular flexibility index (Phi) is 4.13. The fraction of sp³-hybridized carbons (Fsp3) is 0.222. The van der Waals surface area contributed by atoms with Gasteiger partial charge in [0.05, 0.1) is 6.04 Å². The number of hydrogen-bond acceptors (Lipinski definition) is 2. The van der Waals surface area contributed by atoms with Crippen molar-refractivity contribution in [3.05, 3.63) is 69.9 Å². The summed E-state index contributed by atoms with van der Waals surface area (Å²) in [5.74, 6) is 0.954. The number of nitrogens with one attached hydrogen (secondary N) is 1. The molecule has 0 fully saturated rings. The van der Waals surface area contributed by atoms with E-state index in [1.807, 2.05) is 12.1 Å². The molecule has 3 heteroatoms. The van der Waals surface area contributed by atoms with Crippen LogP contribution in [0.2, 0.25) is 0 Å². The lowest BCUT2D eigenvalue weighted by Gasteiger charge is -2.16. The highest BCUT2D eigenvalue weighted by molar-refractivity contribution is 9.10. The summed E-state index contributed by atoms with van der Waals surface area (Å²) in [7, 11) is 0. The molecule has 0 radical (unpaired) electrons. The molecule has 0 saturated carbocycles. The van der Waals surface area contributed by atoms with Crippen LogP contribution in [0.3, 0.4) is 0 Å². The normalized spacial score (nSPS) is 12.7. The molecular formula is C18H18BrNO. The van der Waals surface area contributed by atoms with Crippen molar-refractivity contribution < 1.29 is 4.42 Å². The van der Waals surface area contributed by atoms with Crippen molar-refractivity contribution in [3.8, 4) is 0 Å². The Morgan fingerprint density at radius 2 is 2.00 bits per heavy atom. The van der Waals surface area contributed by atoms with Crippen molar-refractivity contribution in [3.63, 3.8) is 0 Å². The third kappa shape index (κ3) is 3.04. The summed E-state index contributed by atoms with van der Waals surface area (Å²) in [5, 5.41) is 4.66. The van der Waals surface area contributed by atoms with Gasteiger partial charge in [0.1, 0.15) is 11.3 Å². The number of hydrogen-bond donors (Lipinski definition) is 1. The largest absolute Gasteiger partial charge is 0.459 e. The maximum absolute atomic E-state index is 6.05. The third-order valence-corrected chi connectivity index (χ3v) is 4.06. The Labute approximate surface area is 133 Å². The Morgan fingerprint density at radius 3 is 2.76 bits per heavy atom. The van der Waals surface area contributed by atoms with E-state index in [0.29, 0.717) is 0 Å². The summed E-state index contributed by atoms with van der Waals surface area (Å²) < 4.78 is 7.13. The number of aryl methyl sites for hydroxylation is 1. The molecule has 21 heavy (non-hydrogen) atoms. The van der Waals surface area contributed by atoms with Crippen molar-refractivity contribution in [1.82, 2.24) is 5.32 Å². The molecule has 0 aliphatic carbocycles. The highest BCUT2D eigenvalue weighted by atomic mass is 79.9. The van der Waals surface area contributed by atoms with E-state index in [4.69, 9.17) is 4.42 Å². The molecule has 3 rings (SSSR count). The van der Waals surface area contributed by atoms with Gasteiger partial charge in [-0.25, -0.2) is 0 Å². The standard InChI is InChI=1S/C18H18BrNO/c1-3-20-18(13-5-4-6-15(19)10-13)17-11-14-9-12(2)7-8-16(14)21-17/h4-11,18,20H,3H2,1-2H3. The minimum Gasteiger partial charge on any atom is -0.459 e. The lowest BCUT2D eigenvalue weighted by molar-refractivity contribution is 0.477. The molecule has 0 amide bonds. The van der Waals surface area contributed by atoms with Crippen LogP contribution in [0.4, 0.5) is 0 Å². The molecule has 0 aliphatic rings. The summed E-state index contributed by atoms with van der Waals surface area (Å²) >= 11 is 3.54. The van der Waals surface area contributed by atoms with Gasteiger partial charge >= 0.3 is 0 Å². The molecule has 3 aromatic rings. The summed E-state index contributed by atoms with van der Waals surface area (Å²) in [4.78, 5) is 0. The molecule has 1 N–H and O–H groups in total. The van der Waals surface area contributed by atoms with E-state index >= 15 is 0 Å². The van der Waals surface area contributed by atoms with Crippen LogP contribution in [0.1, 0.15) is 29.9 Å². The van der Waals surface area contributed by atoms with Crippen LogP contribution in [0, 0.1) is 6.92 Å². The predicted molar refractivity (Wildman–Crippen MR) is 90.6 cm³/mol. The third-order valence-electron chi connectivity index (χ3n) is 3.57. The second-order valence-corrected chi connectivity index (χ2v) is 6.15. The molecule has 1 heterocycles. The number of benzene rings is 2. The Balaban J connectivity index is 2.06. The van der Waals surface area contributed by atoms with Crippen molar-refractivity contribution >= 4 is 26.9 Å². The minimum atomic E-state index is 0.0696. The highest BCUT2D eigenvalue weighted by Gasteiger charge is 2.17. The zero-order chi connectivity index (χ0) is 14.8. The predicted octanol–water partition coefficient (Wildman–Crippen LogP) is 5.20. The van der Waals surface area contributed by atoms with Gasteiger partial charge in [-0.3, -0.25) is 0 Å². The second-order valence-electron chi connectivity index (χ2n) is 5.24. The maximum atomic E-state index is 6.05. The van der Waals surface area contributed by atoms with Crippen LogP contribution >= 0.6 is 15.9 Å². The fourth-order valence-corrected chi connectivity index (χ4v) is 3.02. The van der Waals surface area contributed by atoms with Gasteiger partial charge in [-0.1, -0.05) is 46.6 Å². The molecule has 2 nitrogen and oxygen atoms in total. The van der Waals surface area contributed by atoms with Crippen molar-refractivity contribution in [2.45, 2.75) is 19.9 Å². The SMILES string of the molecule is CCNC(c1cccc(Br)c1)c1cc2cc(C)ccc2o1. The first-order valence-electron chi connectivity index (χ1n) is 7.16. The van der Waals surface area contributed by atoms with Gasteiger partial charge in [-0.2, -0.15) is 0 Å². The Hall–Kier alpha value is -1.58. The topological polar surface area (TPSA) is 25.2 Å². The monoisotopic (exact) mass is 343 g/mol. The zero-order valence-electron chi connectivity index (χ0n) is 12.2. The molecule has 108 valence electrons. The van der Waals surface area contributed by atoms with E-state index in [2.05, 4.69) is 71.5 Å². The van der Waals surface area contributed by atoms with Gasteiger partial charge in [0.25, 0.3) is 0 Å². The number of furan rings is 1. The van der Waals surface area contributed by atoms with Crippen LogP contribution in [-0.4, -0.2) is 6.54 Å². The quantitative estimate of drug-likeness (QED) is 0.703. The fourth-order valence-electron chi connectivity index (χ4n) is 2.60. The smallest absolute Gasteiger partial charge is 0.134 e. The first kappa shape index (κ1) is 14.4. The van der Waals surface area contributed by atoms with Gasteiger partial charge in [-0.05, 0) is 49.4 Å². The first-order chi connectivity index (χ1) is 10.2. The van der Waals surface area contributed by atoms with Crippen LogP contribution in [0.25, 0.3) is 11.0 Å². The molecule has 0 bridgehead atoms. The lowest BCUT2D eigenvalue weighted by Crippen LogP contribution is -2.21. The zero-order valence-corrected chi connectivity index (χ0v) is 13.8. The van der Waals surface area contributed by atoms with Gasteiger partial charge in [0.15, 0.2) is 0 Å². The Bertz CT molecular complexity index is 763. The summed E-state index contributed by atoms with van der Waals surface area (Å²) in [6.07, 6.45) is 0. The van der Waals surface area contributed by atoms with Gasteiger partial charge < -0.3 is 9.73 Å². The lowest BCUT2D eigenvalue weighted by atomic mass is 10.0. The van der Waals surface area contributed by atoms with Gasteiger partial charge in [0.2, 0.25) is 0 Å². The average Bonchev–Trinajstić information content (AvgIpc) is 2.87. The number of rotatable bonds is 4. The van der Waals surface area contributed by atoms with E-state index in [-0.39, 0.29) is 6.04 Å². The van der Waals surface area contributed by atoms with Crippen molar-refractivity contribution in [2.24, 2.45) is 0 Å². The van der Waals surface area contributed by atoms with E-state index in [1.165, 1.54) is 11.1 Å². The van der Waals surface area contributed by atoms with Crippen molar-refractivity contribution in [1.29, 1.82) is 0 Å². The Morgan fingerprint density at radius 1 is 1.14 bits per heavy atom. The van der Waals surface area contributed by atoms with E-state index in [9.17, 15) is 0 Å². The summed E-state index contributed by atoms with van der Waals surface area (Å²) in [6.45, 7) is 5.09. The molecular weight excluding hydrogens is 326 g/mol. The second kappa shape index (κ2) is 6.04. The van der Waals surface area contributed by atoms with Crippen LogP contribution < -0.4 is 5.32 Å². The molecule has 0 saturated heterocycles. The molecule has 0 aliphatic heterocycles. The van der Waals surface area contributed by atoms with E-state index in [1.54, 1.807) is 0 Å². The molecule has 1 atom stereocenters. The summed E-state index contributed by atoms with van der Waals surface area (Å²) in [5.41, 5.74) is 3.38. The average molecular weight is 344 g/mol. The molecule has 1 unspecified atom stereocenters. The van der Waals surface area contributed by atoms with E-state index in [0.717, 1.165) is 27.7 Å². The van der Waals surface area contributed by atoms with Crippen molar-refractivity contribution in [2.75, 3.05) is 6.54 Å². The molecule has 2 aromatic carbocycles. The van der Waals surface area contributed by atoms with E-state index < -0.39 is 0 Å².